The van der Waals surface area contributed by atoms with Crippen molar-refractivity contribution in [3.63, 3.8) is 0 Å². The van der Waals surface area contributed by atoms with Gasteiger partial charge in [0.25, 0.3) is 5.91 Å². The maximum Gasteiger partial charge on any atom is 0.272 e. The van der Waals surface area contributed by atoms with Gasteiger partial charge in [0.15, 0.2) is 0 Å². The van der Waals surface area contributed by atoms with Gasteiger partial charge in [-0.25, -0.2) is 4.98 Å². The topological polar surface area (TPSA) is 53.4 Å². The summed E-state index contributed by atoms with van der Waals surface area (Å²) in [5.74, 6) is -0.137. The summed E-state index contributed by atoms with van der Waals surface area (Å²) in [6, 6.07) is 5.21. The molecule has 0 bridgehead atoms. The molecule has 0 aromatic carbocycles. The number of hydrogen-bond donors (Lipinski definition) is 1. The number of pyridine rings is 1. The molecule has 0 aliphatic heterocycles. The van der Waals surface area contributed by atoms with E-state index in [0.29, 0.717) is 23.3 Å². The highest BCUT2D eigenvalue weighted by molar-refractivity contribution is 9.10. The van der Waals surface area contributed by atoms with Crippen molar-refractivity contribution in [2.24, 2.45) is 0 Å². The van der Waals surface area contributed by atoms with E-state index in [2.05, 4.69) is 20.9 Å². The molecule has 1 atom stereocenters. The van der Waals surface area contributed by atoms with Gasteiger partial charge in [0.1, 0.15) is 10.3 Å². The first-order chi connectivity index (χ1) is 7.50. The normalized spacial score (nSPS) is 12.2. The molecule has 1 heterocycles. The Morgan fingerprint density at radius 1 is 1.62 bits per heavy atom. The fourth-order valence-electron chi connectivity index (χ4n) is 1.20. The molecule has 1 aromatic rings. The first-order valence-electron chi connectivity index (χ1n) is 5.07. The molecule has 0 aliphatic rings. The van der Waals surface area contributed by atoms with Crippen molar-refractivity contribution in [1.82, 2.24) is 9.88 Å². The Labute approximate surface area is 103 Å². The van der Waals surface area contributed by atoms with E-state index in [1.54, 1.807) is 37.1 Å². The molecule has 0 aliphatic carbocycles. The molecule has 16 heavy (non-hydrogen) atoms. The van der Waals surface area contributed by atoms with Crippen LogP contribution in [0.4, 0.5) is 0 Å². The molecule has 0 saturated carbocycles. The van der Waals surface area contributed by atoms with Gasteiger partial charge in [-0.15, -0.1) is 0 Å². The number of hydrogen-bond acceptors (Lipinski definition) is 3. The van der Waals surface area contributed by atoms with Crippen molar-refractivity contribution < 1.29 is 9.90 Å². The number of rotatable bonds is 4. The van der Waals surface area contributed by atoms with Crippen LogP contribution in [0.15, 0.2) is 22.8 Å². The van der Waals surface area contributed by atoms with Crippen LogP contribution in [0.5, 0.6) is 0 Å². The highest BCUT2D eigenvalue weighted by Gasteiger charge is 2.13. The largest absolute Gasteiger partial charge is 0.393 e. The van der Waals surface area contributed by atoms with Gasteiger partial charge >= 0.3 is 0 Å². The van der Waals surface area contributed by atoms with Gasteiger partial charge in [-0.2, -0.15) is 0 Å². The molecule has 4 nitrogen and oxygen atoms in total. The monoisotopic (exact) mass is 286 g/mol. The van der Waals surface area contributed by atoms with Crippen LogP contribution in [0.2, 0.25) is 0 Å². The Morgan fingerprint density at radius 3 is 2.88 bits per heavy atom. The molecular formula is C11H15BrN2O2. The van der Waals surface area contributed by atoms with Gasteiger partial charge < -0.3 is 10.0 Å². The smallest absolute Gasteiger partial charge is 0.272 e. The highest BCUT2D eigenvalue weighted by Crippen LogP contribution is 2.08. The number of carbonyl (C=O) groups excluding carboxylic acids is 1. The molecule has 1 aromatic heterocycles. The molecule has 1 N–H and O–H groups in total. The molecular weight excluding hydrogens is 272 g/mol. The molecule has 0 saturated heterocycles. The molecule has 1 rings (SSSR count). The van der Waals surface area contributed by atoms with Crippen molar-refractivity contribution in [3.05, 3.63) is 28.5 Å². The van der Waals surface area contributed by atoms with Crippen LogP contribution in [0, 0.1) is 0 Å². The lowest BCUT2D eigenvalue weighted by molar-refractivity contribution is 0.0763. The second-order valence-corrected chi connectivity index (χ2v) is 4.52. The quantitative estimate of drug-likeness (QED) is 0.857. The van der Waals surface area contributed by atoms with Crippen molar-refractivity contribution in [2.45, 2.75) is 19.4 Å². The van der Waals surface area contributed by atoms with Crippen LogP contribution >= 0.6 is 15.9 Å². The van der Waals surface area contributed by atoms with Crippen LogP contribution in [-0.2, 0) is 0 Å². The van der Waals surface area contributed by atoms with Crippen LogP contribution in [-0.4, -0.2) is 40.6 Å². The zero-order chi connectivity index (χ0) is 12.1. The molecule has 0 fully saturated rings. The molecule has 0 radical (unpaired) electrons. The van der Waals surface area contributed by atoms with Gasteiger partial charge in [0, 0.05) is 13.6 Å². The van der Waals surface area contributed by atoms with E-state index in [-0.39, 0.29) is 5.91 Å². The standard InChI is InChI=1S/C11H15BrN2O2/c1-8(15)6-7-14(2)11(16)9-4-3-5-10(12)13-9/h3-5,8,15H,6-7H2,1-2H3. The van der Waals surface area contributed by atoms with Crippen molar-refractivity contribution in [2.75, 3.05) is 13.6 Å². The third-order valence-corrected chi connectivity index (χ3v) is 2.60. The Bertz CT molecular complexity index is 369. The minimum Gasteiger partial charge on any atom is -0.393 e. The number of aliphatic hydroxyl groups is 1. The molecule has 1 unspecified atom stereocenters. The predicted molar refractivity (Wildman–Crippen MR) is 65.2 cm³/mol. The van der Waals surface area contributed by atoms with E-state index < -0.39 is 6.10 Å². The minimum absolute atomic E-state index is 0.137. The summed E-state index contributed by atoms with van der Waals surface area (Å²) in [5, 5.41) is 9.14. The molecule has 1 amide bonds. The number of amides is 1. The lowest BCUT2D eigenvalue weighted by Gasteiger charge is -2.17. The van der Waals surface area contributed by atoms with E-state index in [1.165, 1.54) is 0 Å². The molecule has 88 valence electrons. The number of halogens is 1. The first-order valence-corrected chi connectivity index (χ1v) is 5.86. The molecule has 0 spiro atoms. The number of aliphatic hydroxyl groups excluding tert-OH is 1. The third-order valence-electron chi connectivity index (χ3n) is 2.16. The van der Waals surface area contributed by atoms with Gasteiger partial charge in [0.2, 0.25) is 0 Å². The number of aromatic nitrogens is 1. The second kappa shape index (κ2) is 5.96. The average molecular weight is 287 g/mol. The van der Waals surface area contributed by atoms with Gasteiger partial charge in [0.05, 0.1) is 6.10 Å². The van der Waals surface area contributed by atoms with Crippen LogP contribution in [0.1, 0.15) is 23.8 Å². The highest BCUT2D eigenvalue weighted by atomic mass is 79.9. The Hall–Kier alpha value is -0.940. The number of carbonyl (C=O) groups is 1. The van der Waals surface area contributed by atoms with E-state index in [0.717, 1.165) is 0 Å². The Kier molecular flexibility index (Phi) is 4.89. The third kappa shape index (κ3) is 3.90. The lowest BCUT2D eigenvalue weighted by atomic mass is 10.2. The summed E-state index contributed by atoms with van der Waals surface area (Å²) >= 11 is 3.22. The maximum absolute atomic E-state index is 11.9. The van der Waals surface area contributed by atoms with E-state index >= 15 is 0 Å². The molecule has 5 heteroatoms. The van der Waals surface area contributed by atoms with Crippen LogP contribution in [0.3, 0.4) is 0 Å². The fraction of sp³-hybridized carbons (Fsp3) is 0.455. The van der Waals surface area contributed by atoms with Crippen LogP contribution in [0.25, 0.3) is 0 Å². The van der Waals surface area contributed by atoms with Gasteiger partial charge in [-0.05, 0) is 41.4 Å². The Morgan fingerprint density at radius 2 is 2.31 bits per heavy atom. The minimum atomic E-state index is -0.397. The van der Waals surface area contributed by atoms with E-state index in [9.17, 15) is 4.79 Å². The number of nitrogens with zero attached hydrogens (tertiary/aromatic N) is 2. The summed E-state index contributed by atoms with van der Waals surface area (Å²) in [7, 11) is 1.70. The lowest BCUT2D eigenvalue weighted by Crippen LogP contribution is -2.30. The SMILES string of the molecule is CC(O)CCN(C)C(=O)c1cccc(Br)n1. The zero-order valence-electron chi connectivity index (χ0n) is 9.35. The van der Waals surface area contributed by atoms with E-state index in [1.807, 2.05) is 0 Å². The summed E-state index contributed by atoms with van der Waals surface area (Å²) in [4.78, 5) is 17.5. The van der Waals surface area contributed by atoms with Crippen molar-refractivity contribution in [1.29, 1.82) is 0 Å². The summed E-state index contributed by atoms with van der Waals surface area (Å²) in [5.41, 5.74) is 0.405. The maximum atomic E-state index is 11.9. The first kappa shape index (κ1) is 13.1. The summed E-state index contributed by atoms with van der Waals surface area (Å²) < 4.78 is 0.641. The second-order valence-electron chi connectivity index (χ2n) is 3.71. The van der Waals surface area contributed by atoms with Gasteiger partial charge in [-0.1, -0.05) is 6.07 Å². The van der Waals surface area contributed by atoms with Crippen LogP contribution < -0.4 is 0 Å². The average Bonchev–Trinajstić information content (AvgIpc) is 2.24. The van der Waals surface area contributed by atoms with E-state index in [4.69, 9.17) is 5.11 Å². The summed E-state index contributed by atoms with van der Waals surface area (Å²) in [6.45, 7) is 2.22. The van der Waals surface area contributed by atoms with Gasteiger partial charge in [-0.3, -0.25) is 4.79 Å². The predicted octanol–water partition coefficient (Wildman–Crippen LogP) is 1.69. The van der Waals surface area contributed by atoms with Crippen molar-refractivity contribution >= 4 is 21.8 Å². The zero-order valence-corrected chi connectivity index (χ0v) is 10.9. The summed E-state index contributed by atoms with van der Waals surface area (Å²) in [6.07, 6.45) is 0.168. The fourth-order valence-corrected chi connectivity index (χ4v) is 1.55. The Balaban J connectivity index is 2.63. The van der Waals surface area contributed by atoms with Crippen molar-refractivity contribution in [3.8, 4) is 0 Å².